The van der Waals surface area contributed by atoms with Crippen molar-refractivity contribution in [1.29, 1.82) is 0 Å². The standard InChI is InChI=1S/C27H40N3O5PS/c1-16(2)34-26(31)29-20-10-8-19(9-11-20)25-28-15-24(37-25)22-13-12-21(30-27(32)35-17(3)4)14-23(22)36(7,33)18(5)6/h12-20H,8-11H2,1-7H3,(H,29,31)(H,30,32). The fourth-order valence-electron chi connectivity index (χ4n) is 4.32. The normalized spacial score (nSPS) is 19.5. The highest BCUT2D eigenvalue weighted by Gasteiger charge is 2.29. The van der Waals surface area contributed by atoms with Gasteiger partial charge >= 0.3 is 12.2 Å². The Balaban J connectivity index is 1.78. The molecule has 1 atom stereocenters. The number of nitrogens with one attached hydrogen (secondary N) is 2. The largest absolute Gasteiger partial charge is 0.447 e. The van der Waals surface area contributed by atoms with E-state index < -0.39 is 13.2 Å². The summed E-state index contributed by atoms with van der Waals surface area (Å²) in [6.07, 6.45) is 4.23. The first-order chi connectivity index (χ1) is 17.4. The van der Waals surface area contributed by atoms with Crippen molar-refractivity contribution in [2.24, 2.45) is 0 Å². The Morgan fingerprint density at radius 3 is 2.22 bits per heavy atom. The summed E-state index contributed by atoms with van der Waals surface area (Å²) in [4.78, 5) is 29.8. The Kier molecular flexibility index (Phi) is 9.81. The first-order valence-electron chi connectivity index (χ1n) is 13.0. The van der Waals surface area contributed by atoms with E-state index in [1.165, 1.54) is 0 Å². The van der Waals surface area contributed by atoms with Crippen LogP contribution in [-0.4, -0.2) is 47.7 Å². The number of carbonyl (C=O) groups excluding carboxylic acids is 2. The molecule has 3 rings (SSSR count). The maximum Gasteiger partial charge on any atom is 0.411 e. The molecule has 1 saturated carbocycles. The van der Waals surface area contributed by atoms with Crippen LogP contribution in [0.3, 0.4) is 0 Å². The molecule has 0 radical (unpaired) electrons. The van der Waals surface area contributed by atoms with Crippen molar-refractivity contribution in [3.8, 4) is 10.4 Å². The number of anilines is 1. The summed E-state index contributed by atoms with van der Waals surface area (Å²) in [6, 6.07) is 5.65. The summed E-state index contributed by atoms with van der Waals surface area (Å²) in [7, 11) is -2.74. The molecule has 1 fully saturated rings. The second-order valence-electron chi connectivity index (χ2n) is 10.6. The van der Waals surface area contributed by atoms with Gasteiger partial charge in [-0.05, 0) is 72.2 Å². The van der Waals surface area contributed by atoms with Gasteiger partial charge in [0.25, 0.3) is 0 Å². The summed E-state index contributed by atoms with van der Waals surface area (Å²) < 4.78 is 24.2. The minimum Gasteiger partial charge on any atom is -0.447 e. The summed E-state index contributed by atoms with van der Waals surface area (Å²) >= 11 is 1.63. The Morgan fingerprint density at radius 2 is 1.62 bits per heavy atom. The number of ether oxygens (including phenoxy) is 2. The minimum absolute atomic E-state index is 0.0540. The van der Waals surface area contributed by atoms with Crippen LogP contribution in [0.2, 0.25) is 0 Å². The van der Waals surface area contributed by atoms with E-state index in [1.54, 1.807) is 31.8 Å². The first kappa shape index (κ1) is 29.2. The van der Waals surface area contributed by atoms with Crippen LogP contribution in [0, 0.1) is 0 Å². The molecule has 2 amide bonds. The van der Waals surface area contributed by atoms with Crippen molar-refractivity contribution in [2.75, 3.05) is 12.0 Å². The topological polar surface area (TPSA) is 107 Å². The SMILES string of the molecule is CC(C)OC(=O)Nc1ccc(-c2cnc(C3CCC(NC(=O)OC(C)C)CC3)s2)c(P(C)(=O)C(C)C)c1. The zero-order valence-corrected chi connectivity index (χ0v) is 24.6. The lowest BCUT2D eigenvalue weighted by Gasteiger charge is -2.28. The molecule has 0 aliphatic heterocycles. The van der Waals surface area contributed by atoms with Gasteiger partial charge < -0.3 is 19.4 Å². The van der Waals surface area contributed by atoms with Gasteiger partial charge in [0.05, 0.1) is 22.1 Å². The highest BCUT2D eigenvalue weighted by atomic mass is 32.1. The van der Waals surface area contributed by atoms with Crippen molar-refractivity contribution in [1.82, 2.24) is 10.3 Å². The zero-order chi connectivity index (χ0) is 27.3. The third-order valence-electron chi connectivity index (χ3n) is 6.58. The number of rotatable bonds is 8. The van der Waals surface area contributed by atoms with Crippen molar-refractivity contribution in [2.45, 2.75) is 97.1 Å². The summed E-state index contributed by atoms with van der Waals surface area (Å²) in [5.74, 6) is 0.326. The van der Waals surface area contributed by atoms with Gasteiger partial charge in [0.1, 0.15) is 7.14 Å². The van der Waals surface area contributed by atoms with Gasteiger partial charge in [-0.15, -0.1) is 11.3 Å². The van der Waals surface area contributed by atoms with Crippen LogP contribution in [0.15, 0.2) is 24.4 Å². The number of nitrogens with zero attached hydrogens (tertiary/aromatic N) is 1. The molecule has 0 spiro atoms. The third kappa shape index (κ3) is 7.81. The minimum atomic E-state index is -2.74. The summed E-state index contributed by atoms with van der Waals surface area (Å²) in [6.45, 7) is 13.0. The van der Waals surface area contributed by atoms with Crippen molar-refractivity contribution in [3.63, 3.8) is 0 Å². The Morgan fingerprint density at radius 1 is 1.00 bits per heavy atom. The fourth-order valence-corrected chi connectivity index (χ4v) is 7.15. The number of aromatic nitrogens is 1. The van der Waals surface area contributed by atoms with Crippen LogP contribution < -0.4 is 15.9 Å². The van der Waals surface area contributed by atoms with E-state index in [2.05, 4.69) is 10.6 Å². The van der Waals surface area contributed by atoms with Crippen LogP contribution in [0.1, 0.15) is 78.2 Å². The molecule has 1 heterocycles. The molecule has 1 aromatic carbocycles. The maximum atomic E-state index is 13.8. The van der Waals surface area contributed by atoms with Gasteiger partial charge in [0, 0.05) is 40.4 Å². The van der Waals surface area contributed by atoms with E-state index in [1.807, 2.05) is 52.1 Å². The van der Waals surface area contributed by atoms with Crippen molar-refractivity contribution in [3.05, 3.63) is 29.4 Å². The van der Waals surface area contributed by atoms with Gasteiger partial charge in [0.2, 0.25) is 0 Å². The molecule has 0 saturated heterocycles. The van der Waals surface area contributed by atoms with E-state index in [4.69, 9.17) is 14.5 Å². The Hall–Kier alpha value is -2.38. The quantitative estimate of drug-likeness (QED) is 0.345. The van der Waals surface area contributed by atoms with E-state index in [0.29, 0.717) is 11.6 Å². The lowest BCUT2D eigenvalue weighted by molar-refractivity contribution is 0.109. The van der Waals surface area contributed by atoms with Gasteiger partial charge in [-0.25, -0.2) is 14.6 Å². The van der Waals surface area contributed by atoms with Crippen LogP contribution in [0.4, 0.5) is 15.3 Å². The highest BCUT2D eigenvalue weighted by molar-refractivity contribution is 7.71. The summed E-state index contributed by atoms with van der Waals surface area (Å²) in [5.41, 5.74) is 1.39. The number of benzene rings is 1. The predicted octanol–water partition coefficient (Wildman–Crippen LogP) is 6.95. The average Bonchev–Trinajstić information content (AvgIpc) is 3.28. The third-order valence-corrected chi connectivity index (χ3v) is 11.1. The molecule has 1 aliphatic carbocycles. The molecule has 0 bridgehead atoms. The molecule has 37 heavy (non-hydrogen) atoms. The van der Waals surface area contributed by atoms with Crippen LogP contribution in [0.25, 0.3) is 10.4 Å². The maximum absolute atomic E-state index is 13.8. The molecule has 1 aromatic heterocycles. The molecule has 204 valence electrons. The van der Waals surface area contributed by atoms with Crippen LogP contribution in [-0.2, 0) is 14.0 Å². The van der Waals surface area contributed by atoms with E-state index >= 15 is 0 Å². The van der Waals surface area contributed by atoms with Crippen molar-refractivity contribution < 1.29 is 23.6 Å². The molecule has 2 N–H and O–H groups in total. The smallest absolute Gasteiger partial charge is 0.411 e. The van der Waals surface area contributed by atoms with Gasteiger partial charge in [-0.1, -0.05) is 19.9 Å². The molecule has 8 nitrogen and oxygen atoms in total. The second-order valence-corrected chi connectivity index (χ2v) is 15.2. The van der Waals surface area contributed by atoms with E-state index in [0.717, 1.165) is 46.4 Å². The lowest BCUT2D eigenvalue weighted by atomic mass is 9.86. The molecule has 1 unspecified atom stereocenters. The number of amides is 2. The van der Waals surface area contributed by atoms with Gasteiger partial charge in [-0.3, -0.25) is 5.32 Å². The van der Waals surface area contributed by atoms with E-state index in [-0.39, 0.29) is 30.0 Å². The number of hydrogen-bond acceptors (Lipinski definition) is 7. The Bertz CT molecular complexity index is 1140. The van der Waals surface area contributed by atoms with Gasteiger partial charge in [-0.2, -0.15) is 0 Å². The van der Waals surface area contributed by atoms with Crippen molar-refractivity contribution >= 4 is 41.7 Å². The lowest BCUT2D eigenvalue weighted by Crippen LogP contribution is -2.38. The first-order valence-corrected chi connectivity index (χ1v) is 16.0. The average molecular weight is 550 g/mol. The predicted molar refractivity (Wildman–Crippen MR) is 151 cm³/mol. The number of carbonyl (C=O) groups is 2. The number of hydrogen-bond donors (Lipinski definition) is 2. The molecule has 10 heteroatoms. The number of alkyl carbamates (subject to hydrolysis) is 1. The molecular formula is C27H40N3O5PS. The monoisotopic (exact) mass is 549 g/mol. The van der Waals surface area contributed by atoms with Crippen LogP contribution >= 0.6 is 18.5 Å². The van der Waals surface area contributed by atoms with E-state index in [9.17, 15) is 14.2 Å². The number of thiazole rings is 1. The molecular weight excluding hydrogens is 509 g/mol. The van der Waals surface area contributed by atoms with Crippen LogP contribution in [0.5, 0.6) is 0 Å². The summed E-state index contributed by atoms with van der Waals surface area (Å²) in [5, 5.41) is 7.51. The molecule has 2 aromatic rings. The fraction of sp³-hybridized carbons (Fsp3) is 0.593. The molecule has 1 aliphatic rings. The second kappa shape index (κ2) is 12.4. The highest BCUT2D eigenvalue weighted by Crippen LogP contribution is 2.49. The Labute approximate surface area is 224 Å². The van der Waals surface area contributed by atoms with Gasteiger partial charge in [0.15, 0.2) is 0 Å². The zero-order valence-electron chi connectivity index (χ0n) is 22.9.